The summed E-state index contributed by atoms with van der Waals surface area (Å²) >= 11 is 1.53. The Balaban J connectivity index is 2.73. The van der Waals surface area contributed by atoms with Gasteiger partial charge in [-0.15, -0.1) is 11.8 Å². The molecule has 0 fully saturated rings. The minimum absolute atomic E-state index is 0.145. The van der Waals surface area contributed by atoms with Gasteiger partial charge in [0.2, 0.25) is 0 Å². The van der Waals surface area contributed by atoms with Crippen molar-refractivity contribution < 1.29 is 14.3 Å². The molecule has 0 amide bonds. The van der Waals surface area contributed by atoms with Gasteiger partial charge in [0.1, 0.15) is 11.0 Å². The SMILES string of the molecule is CCOC(=O)C(Sc1ccc(OC)cc1)C(C)C. The Hall–Kier alpha value is -1.16. The van der Waals surface area contributed by atoms with Crippen LogP contribution in [0.5, 0.6) is 5.75 Å². The number of carbonyl (C=O) groups is 1. The van der Waals surface area contributed by atoms with E-state index in [1.54, 1.807) is 7.11 Å². The minimum atomic E-state index is -0.168. The van der Waals surface area contributed by atoms with Gasteiger partial charge in [-0.2, -0.15) is 0 Å². The fraction of sp³-hybridized carbons (Fsp3) is 0.500. The van der Waals surface area contributed by atoms with Crippen molar-refractivity contribution in [3.63, 3.8) is 0 Å². The Morgan fingerprint density at radius 2 is 1.89 bits per heavy atom. The normalized spacial score (nSPS) is 12.3. The van der Waals surface area contributed by atoms with Crippen LogP contribution in [0.2, 0.25) is 0 Å². The molecule has 1 aromatic rings. The number of methoxy groups -OCH3 is 1. The zero-order chi connectivity index (χ0) is 13.5. The highest BCUT2D eigenvalue weighted by molar-refractivity contribution is 8.00. The lowest BCUT2D eigenvalue weighted by Crippen LogP contribution is -2.25. The fourth-order valence-corrected chi connectivity index (χ4v) is 2.50. The van der Waals surface area contributed by atoms with Crippen molar-refractivity contribution >= 4 is 17.7 Å². The van der Waals surface area contributed by atoms with Crippen LogP contribution in [0, 0.1) is 5.92 Å². The molecular formula is C14H20O3S. The Morgan fingerprint density at radius 3 is 2.33 bits per heavy atom. The number of thioether (sulfide) groups is 1. The average Bonchev–Trinajstić information content (AvgIpc) is 2.36. The molecule has 0 N–H and O–H groups in total. The zero-order valence-corrected chi connectivity index (χ0v) is 12.1. The molecule has 1 atom stereocenters. The molecule has 0 heterocycles. The summed E-state index contributed by atoms with van der Waals surface area (Å²) in [5, 5.41) is -0.168. The Morgan fingerprint density at radius 1 is 1.28 bits per heavy atom. The monoisotopic (exact) mass is 268 g/mol. The van der Waals surface area contributed by atoms with E-state index in [9.17, 15) is 4.79 Å². The lowest BCUT2D eigenvalue weighted by atomic mass is 10.1. The Kier molecular flexibility index (Phi) is 6.05. The first-order valence-corrected chi connectivity index (χ1v) is 6.93. The number of hydrogen-bond donors (Lipinski definition) is 0. The van der Waals surface area contributed by atoms with Gasteiger partial charge in [-0.1, -0.05) is 13.8 Å². The molecule has 1 aromatic carbocycles. The standard InChI is InChI=1S/C14H20O3S/c1-5-17-14(15)13(10(2)3)18-12-8-6-11(16-4)7-9-12/h6-10,13H,5H2,1-4H3. The maximum Gasteiger partial charge on any atom is 0.319 e. The van der Waals surface area contributed by atoms with Gasteiger partial charge in [0, 0.05) is 4.90 Å². The van der Waals surface area contributed by atoms with Crippen LogP contribution in [-0.2, 0) is 9.53 Å². The van der Waals surface area contributed by atoms with Crippen molar-refractivity contribution in [3.05, 3.63) is 24.3 Å². The molecule has 0 radical (unpaired) electrons. The van der Waals surface area contributed by atoms with Crippen LogP contribution < -0.4 is 4.74 Å². The number of benzene rings is 1. The third-order valence-electron chi connectivity index (χ3n) is 2.45. The molecule has 0 aliphatic heterocycles. The van der Waals surface area contributed by atoms with Gasteiger partial charge >= 0.3 is 5.97 Å². The smallest absolute Gasteiger partial charge is 0.319 e. The number of ether oxygens (including phenoxy) is 2. The summed E-state index contributed by atoms with van der Waals surface area (Å²) in [5.41, 5.74) is 0. The molecule has 1 rings (SSSR count). The molecule has 100 valence electrons. The van der Waals surface area contributed by atoms with Crippen LogP contribution in [0.3, 0.4) is 0 Å². The predicted octanol–water partition coefficient (Wildman–Crippen LogP) is 3.38. The largest absolute Gasteiger partial charge is 0.497 e. The summed E-state index contributed by atoms with van der Waals surface area (Å²) < 4.78 is 10.2. The van der Waals surface area contributed by atoms with Gasteiger partial charge in [0.15, 0.2) is 0 Å². The Labute approximate surface area is 113 Å². The van der Waals surface area contributed by atoms with Gasteiger partial charge in [0.25, 0.3) is 0 Å². The van der Waals surface area contributed by atoms with Gasteiger partial charge in [0.05, 0.1) is 13.7 Å². The molecule has 0 saturated carbocycles. The highest BCUT2D eigenvalue weighted by Crippen LogP contribution is 2.30. The summed E-state index contributed by atoms with van der Waals surface area (Å²) in [6.07, 6.45) is 0. The molecule has 0 aliphatic rings. The third-order valence-corrected chi connectivity index (χ3v) is 3.98. The lowest BCUT2D eigenvalue weighted by molar-refractivity contribution is -0.143. The van der Waals surface area contributed by atoms with Gasteiger partial charge < -0.3 is 9.47 Å². The van der Waals surface area contributed by atoms with E-state index in [1.165, 1.54) is 11.8 Å². The van der Waals surface area contributed by atoms with Crippen LogP contribution in [0.25, 0.3) is 0 Å². The van der Waals surface area contributed by atoms with E-state index in [1.807, 2.05) is 45.0 Å². The molecule has 0 aromatic heterocycles. The first-order chi connectivity index (χ1) is 8.58. The molecule has 18 heavy (non-hydrogen) atoms. The van der Waals surface area contributed by atoms with E-state index in [0.29, 0.717) is 6.61 Å². The highest BCUT2D eigenvalue weighted by Gasteiger charge is 2.24. The maximum atomic E-state index is 11.8. The van der Waals surface area contributed by atoms with E-state index in [-0.39, 0.29) is 17.1 Å². The van der Waals surface area contributed by atoms with Gasteiger partial charge in [-0.05, 0) is 37.1 Å². The lowest BCUT2D eigenvalue weighted by Gasteiger charge is -2.18. The number of carbonyl (C=O) groups excluding carboxylic acids is 1. The summed E-state index contributed by atoms with van der Waals surface area (Å²) in [7, 11) is 1.64. The van der Waals surface area contributed by atoms with Crippen LogP contribution in [0.4, 0.5) is 0 Å². The van der Waals surface area contributed by atoms with Crippen molar-refractivity contribution in [3.8, 4) is 5.75 Å². The van der Waals surface area contributed by atoms with Crippen LogP contribution >= 0.6 is 11.8 Å². The second-order valence-corrected chi connectivity index (χ2v) is 5.43. The predicted molar refractivity (Wildman–Crippen MR) is 74.1 cm³/mol. The Bertz CT molecular complexity index is 373. The van der Waals surface area contributed by atoms with Crippen LogP contribution in [0.15, 0.2) is 29.2 Å². The van der Waals surface area contributed by atoms with E-state index < -0.39 is 0 Å². The molecule has 0 saturated heterocycles. The summed E-state index contributed by atoms with van der Waals surface area (Å²) in [6.45, 7) is 6.30. The van der Waals surface area contributed by atoms with Crippen LogP contribution in [0.1, 0.15) is 20.8 Å². The topological polar surface area (TPSA) is 35.5 Å². The first-order valence-electron chi connectivity index (χ1n) is 6.05. The van der Waals surface area contributed by atoms with Crippen molar-refractivity contribution in [1.82, 2.24) is 0 Å². The number of hydrogen-bond acceptors (Lipinski definition) is 4. The summed E-state index contributed by atoms with van der Waals surface area (Å²) in [5.74, 6) is 0.904. The zero-order valence-electron chi connectivity index (χ0n) is 11.3. The average molecular weight is 268 g/mol. The second-order valence-electron chi connectivity index (χ2n) is 4.21. The van der Waals surface area contributed by atoms with Crippen molar-refractivity contribution in [2.45, 2.75) is 30.9 Å². The molecule has 0 aliphatic carbocycles. The van der Waals surface area contributed by atoms with E-state index >= 15 is 0 Å². The maximum absolute atomic E-state index is 11.8. The molecule has 1 unspecified atom stereocenters. The van der Waals surface area contributed by atoms with Gasteiger partial charge in [-0.25, -0.2) is 0 Å². The molecule has 0 spiro atoms. The van der Waals surface area contributed by atoms with Gasteiger partial charge in [-0.3, -0.25) is 4.79 Å². The number of esters is 1. The van der Waals surface area contributed by atoms with Crippen molar-refractivity contribution in [1.29, 1.82) is 0 Å². The third kappa shape index (κ3) is 4.26. The summed E-state index contributed by atoms with van der Waals surface area (Å²) in [6, 6.07) is 7.70. The molecule has 3 nitrogen and oxygen atoms in total. The molecule has 4 heteroatoms. The van der Waals surface area contributed by atoms with E-state index in [4.69, 9.17) is 9.47 Å². The van der Waals surface area contributed by atoms with E-state index in [0.717, 1.165) is 10.6 Å². The molecule has 0 bridgehead atoms. The fourth-order valence-electron chi connectivity index (χ4n) is 1.48. The van der Waals surface area contributed by atoms with Crippen molar-refractivity contribution in [2.24, 2.45) is 5.92 Å². The second kappa shape index (κ2) is 7.31. The van der Waals surface area contributed by atoms with E-state index in [2.05, 4.69) is 0 Å². The first kappa shape index (κ1) is 14.9. The van der Waals surface area contributed by atoms with Crippen molar-refractivity contribution in [2.75, 3.05) is 13.7 Å². The quantitative estimate of drug-likeness (QED) is 0.585. The number of rotatable bonds is 6. The van der Waals surface area contributed by atoms with Crippen LogP contribution in [-0.4, -0.2) is 24.9 Å². The minimum Gasteiger partial charge on any atom is -0.497 e. The summed E-state index contributed by atoms with van der Waals surface area (Å²) in [4.78, 5) is 12.9. The highest BCUT2D eigenvalue weighted by atomic mass is 32.2. The molecular weight excluding hydrogens is 248 g/mol.